The lowest BCUT2D eigenvalue weighted by Crippen LogP contribution is -2.44. The van der Waals surface area contributed by atoms with Gasteiger partial charge in [0.05, 0.1) is 0 Å². The predicted molar refractivity (Wildman–Crippen MR) is 62.6 cm³/mol. The Labute approximate surface area is 102 Å². The molecule has 0 aliphatic carbocycles. The van der Waals surface area contributed by atoms with E-state index < -0.39 is 12.1 Å². The van der Waals surface area contributed by atoms with Gasteiger partial charge in [0.15, 0.2) is 0 Å². The Kier molecular flexibility index (Phi) is 5.41. The average Bonchev–Trinajstić information content (AvgIpc) is 2.34. The van der Waals surface area contributed by atoms with Crippen molar-refractivity contribution in [3.05, 3.63) is 0 Å². The molecule has 5 nitrogen and oxygen atoms in total. The van der Waals surface area contributed by atoms with Crippen molar-refractivity contribution < 1.29 is 19.4 Å². The number of methoxy groups -OCH3 is 1. The maximum Gasteiger partial charge on any atom is 0.303 e. The highest BCUT2D eigenvalue weighted by Gasteiger charge is 2.26. The smallest absolute Gasteiger partial charge is 0.303 e. The number of amides is 1. The number of likely N-dealkylation sites (tertiary alicyclic amines) is 1. The first kappa shape index (κ1) is 14.0. The standard InChI is InChI=1S/C12H21NO4/c1-9(17-2)12(16)13-7-3-4-10(8-13)5-6-11(14)15/h9-10H,3-8H2,1-2H3,(H,14,15). The summed E-state index contributed by atoms with van der Waals surface area (Å²) >= 11 is 0. The van der Waals surface area contributed by atoms with Crippen molar-refractivity contribution in [2.24, 2.45) is 5.92 Å². The minimum absolute atomic E-state index is 0.00697. The van der Waals surface area contributed by atoms with Crippen LogP contribution in [0.1, 0.15) is 32.6 Å². The molecule has 0 bridgehead atoms. The van der Waals surface area contributed by atoms with Crippen LogP contribution in [0.25, 0.3) is 0 Å². The molecule has 0 spiro atoms. The van der Waals surface area contributed by atoms with E-state index in [9.17, 15) is 9.59 Å². The second-order valence-corrected chi connectivity index (χ2v) is 4.60. The predicted octanol–water partition coefficient (Wildman–Crippen LogP) is 1.12. The molecule has 1 aliphatic rings. The number of aliphatic carboxylic acids is 1. The normalized spacial score (nSPS) is 22.2. The Bertz CT molecular complexity index is 280. The Morgan fingerprint density at radius 2 is 2.24 bits per heavy atom. The summed E-state index contributed by atoms with van der Waals surface area (Å²) in [5, 5.41) is 8.64. The number of carboxylic acid groups (broad SMARTS) is 1. The number of carbonyl (C=O) groups is 2. The van der Waals surface area contributed by atoms with Crippen LogP contribution in [-0.2, 0) is 14.3 Å². The zero-order chi connectivity index (χ0) is 12.8. The van der Waals surface area contributed by atoms with Gasteiger partial charge in [-0.05, 0) is 32.1 Å². The first-order valence-electron chi connectivity index (χ1n) is 6.08. The zero-order valence-corrected chi connectivity index (χ0v) is 10.5. The summed E-state index contributed by atoms with van der Waals surface area (Å²) in [6.45, 7) is 3.17. The van der Waals surface area contributed by atoms with Crippen molar-refractivity contribution >= 4 is 11.9 Å². The van der Waals surface area contributed by atoms with Crippen LogP contribution in [0, 0.1) is 5.92 Å². The number of hydrogen-bond acceptors (Lipinski definition) is 3. The summed E-state index contributed by atoms with van der Waals surface area (Å²) in [5.74, 6) is -0.445. The van der Waals surface area contributed by atoms with Crippen LogP contribution in [0.4, 0.5) is 0 Å². The van der Waals surface area contributed by atoms with E-state index >= 15 is 0 Å². The number of carboxylic acids is 1. The Morgan fingerprint density at radius 1 is 1.53 bits per heavy atom. The van der Waals surface area contributed by atoms with Crippen LogP contribution >= 0.6 is 0 Å². The van der Waals surface area contributed by atoms with Crippen molar-refractivity contribution in [2.75, 3.05) is 20.2 Å². The minimum Gasteiger partial charge on any atom is -0.481 e. The van der Waals surface area contributed by atoms with Gasteiger partial charge < -0.3 is 14.7 Å². The molecule has 1 aliphatic heterocycles. The second kappa shape index (κ2) is 6.59. The van der Waals surface area contributed by atoms with Gasteiger partial charge in [-0.25, -0.2) is 0 Å². The first-order valence-corrected chi connectivity index (χ1v) is 6.08. The van der Waals surface area contributed by atoms with E-state index in [4.69, 9.17) is 9.84 Å². The van der Waals surface area contributed by atoms with Gasteiger partial charge in [-0.3, -0.25) is 9.59 Å². The van der Waals surface area contributed by atoms with Gasteiger partial charge in [0.25, 0.3) is 5.91 Å². The molecule has 98 valence electrons. The highest BCUT2D eigenvalue weighted by Crippen LogP contribution is 2.21. The van der Waals surface area contributed by atoms with Gasteiger partial charge in [-0.2, -0.15) is 0 Å². The Morgan fingerprint density at radius 3 is 2.82 bits per heavy atom. The van der Waals surface area contributed by atoms with E-state index in [1.54, 1.807) is 11.8 Å². The van der Waals surface area contributed by atoms with Gasteiger partial charge in [0.2, 0.25) is 0 Å². The molecule has 2 atom stereocenters. The first-order chi connectivity index (χ1) is 8.04. The molecule has 5 heteroatoms. The monoisotopic (exact) mass is 243 g/mol. The number of ether oxygens (including phenoxy) is 1. The number of hydrogen-bond donors (Lipinski definition) is 1. The highest BCUT2D eigenvalue weighted by atomic mass is 16.5. The minimum atomic E-state index is -0.765. The maximum absolute atomic E-state index is 11.9. The Balaban J connectivity index is 2.43. The quantitative estimate of drug-likeness (QED) is 0.786. The molecular weight excluding hydrogens is 222 g/mol. The molecule has 0 radical (unpaired) electrons. The molecule has 1 saturated heterocycles. The van der Waals surface area contributed by atoms with Crippen molar-refractivity contribution in [3.63, 3.8) is 0 Å². The van der Waals surface area contributed by atoms with E-state index in [1.165, 1.54) is 7.11 Å². The fourth-order valence-corrected chi connectivity index (χ4v) is 2.19. The average molecular weight is 243 g/mol. The molecular formula is C12H21NO4. The maximum atomic E-state index is 11.9. The van der Waals surface area contributed by atoms with E-state index in [2.05, 4.69) is 0 Å². The van der Waals surface area contributed by atoms with Crippen LogP contribution in [-0.4, -0.2) is 48.2 Å². The van der Waals surface area contributed by atoms with Crippen molar-refractivity contribution in [1.29, 1.82) is 0 Å². The lowest BCUT2D eigenvalue weighted by molar-refractivity contribution is -0.142. The molecule has 0 aromatic carbocycles. The number of rotatable bonds is 5. The van der Waals surface area contributed by atoms with Gasteiger partial charge >= 0.3 is 5.97 Å². The van der Waals surface area contributed by atoms with Crippen LogP contribution in [0.3, 0.4) is 0 Å². The number of carbonyl (C=O) groups excluding carboxylic acids is 1. The van der Waals surface area contributed by atoms with Gasteiger partial charge in [-0.15, -0.1) is 0 Å². The zero-order valence-electron chi connectivity index (χ0n) is 10.5. The molecule has 1 N–H and O–H groups in total. The lowest BCUT2D eigenvalue weighted by Gasteiger charge is -2.33. The summed E-state index contributed by atoms with van der Waals surface area (Å²) < 4.78 is 5.01. The SMILES string of the molecule is COC(C)C(=O)N1CCCC(CCC(=O)O)C1. The number of nitrogens with zero attached hydrogens (tertiary/aromatic N) is 1. The van der Waals surface area contributed by atoms with E-state index in [0.29, 0.717) is 18.9 Å². The van der Waals surface area contributed by atoms with E-state index in [-0.39, 0.29) is 12.3 Å². The lowest BCUT2D eigenvalue weighted by atomic mass is 9.93. The molecule has 17 heavy (non-hydrogen) atoms. The molecule has 0 aromatic rings. The van der Waals surface area contributed by atoms with Gasteiger partial charge in [0, 0.05) is 26.6 Å². The van der Waals surface area contributed by atoms with Crippen LogP contribution < -0.4 is 0 Å². The molecule has 0 saturated carbocycles. The van der Waals surface area contributed by atoms with E-state index in [0.717, 1.165) is 19.4 Å². The van der Waals surface area contributed by atoms with Gasteiger partial charge in [0.1, 0.15) is 6.10 Å². The third-order valence-electron chi connectivity index (χ3n) is 3.30. The van der Waals surface area contributed by atoms with Crippen LogP contribution in [0.5, 0.6) is 0 Å². The molecule has 1 rings (SSSR count). The molecule has 0 aromatic heterocycles. The molecule has 1 fully saturated rings. The largest absolute Gasteiger partial charge is 0.481 e. The summed E-state index contributed by atoms with van der Waals surface area (Å²) in [6.07, 6.45) is 2.39. The van der Waals surface area contributed by atoms with E-state index in [1.807, 2.05) is 0 Å². The second-order valence-electron chi connectivity index (χ2n) is 4.60. The molecule has 1 amide bonds. The summed E-state index contributed by atoms with van der Waals surface area (Å²) in [7, 11) is 1.52. The fraction of sp³-hybridized carbons (Fsp3) is 0.833. The summed E-state index contributed by atoms with van der Waals surface area (Å²) in [5.41, 5.74) is 0. The molecule has 1 heterocycles. The van der Waals surface area contributed by atoms with Crippen LogP contribution in [0.15, 0.2) is 0 Å². The van der Waals surface area contributed by atoms with Crippen LogP contribution in [0.2, 0.25) is 0 Å². The molecule has 2 unspecified atom stereocenters. The number of piperidine rings is 1. The summed E-state index contributed by atoms with van der Waals surface area (Å²) in [6, 6.07) is 0. The third kappa shape index (κ3) is 4.34. The third-order valence-corrected chi connectivity index (χ3v) is 3.30. The van der Waals surface area contributed by atoms with Crippen molar-refractivity contribution in [3.8, 4) is 0 Å². The van der Waals surface area contributed by atoms with Crippen molar-refractivity contribution in [1.82, 2.24) is 4.90 Å². The fourth-order valence-electron chi connectivity index (χ4n) is 2.19. The highest BCUT2D eigenvalue weighted by molar-refractivity contribution is 5.80. The Hall–Kier alpha value is -1.10. The summed E-state index contributed by atoms with van der Waals surface area (Å²) in [4.78, 5) is 24.2. The van der Waals surface area contributed by atoms with Gasteiger partial charge in [-0.1, -0.05) is 0 Å². The topological polar surface area (TPSA) is 66.8 Å². The van der Waals surface area contributed by atoms with Crippen molar-refractivity contribution in [2.45, 2.75) is 38.7 Å².